The van der Waals surface area contributed by atoms with E-state index in [2.05, 4.69) is 15.0 Å². The van der Waals surface area contributed by atoms with Crippen LogP contribution in [0.25, 0.3) is 22.4 Å². The van der Waals surface area contributed by atoms with E-state index in [9.17, 15) is 18.7 Å². The number of benzene rings is 2. The number of nitrogen functional groups attached to an aromatic ring is 1. The number of aromatic amines is 1. The van der Waals surface area contributed by atoms with Crippen LogP contribution in [0, 0.1) is 0 Å². The van der Waals surface area contributed by atoms with Crippen LogP contribution in [0.1, 0.15) is 35.0 Å². The standard InChI is InChI=1S/C24H22F2N4O5S/c1-24(8-12-11-36-23(27)28-12)34-10-14(35-24)9-33-13-5-6-15(17(7-13)20(25)26)21-29-18-4-2-3-16(22(31)32)19(18)30-21/h2-7,11,14,20H,8-10H2,1H3,(H2,27,28)(H,29,30)(H,31,32)/t14-,24?/m0/s1. The summed E-state index contributed by atoms with van der Waals surface area (Å²) in [5.74, 6) is -1.66. The molecule has 0 saturated carbocycles. The number of rotatable bonds is 8. The van der Waals surface area contributed by atoms with Crippen LogP contribution in [0.3, 0.4) is 0 Å². The van der Waals surface area contributed by atoms with Gasteiger partial charge in [-0.2, -0.15) is 0 Å². The van der Waals surface area contributed by atoms with Gasteiger partial charge in [-0.05, 0) is 37.3 Å². The molecular formula is C24H22F2N4O5S. The highest BCUT2D eigenvalue weighted by molar-refractivity contribution is 7.13. The maximum Gasteiger partial charge on any atom is 0.337 e. The first-order valence-corrected chi connectivity index (χ1v) is 11.9. The van der Waals surface area contributed by atoms with Crippen molar-refractivity contribution in [2.24, 2.45) is 0 Å². The van der Waals surface area contributed by atoms with Crippen LogP contribution >= 0.6 is 11.3 Å². The number of carboxylic acids is 1. The van der Waals surface area contributed by atoms with Crippen molar-refractivity contribution in [2.45, 2.75) is 31.7 Å². The predicted molar refractivity (Wildman–Crippen MR) is 128 cm³/mol. The summed E-state index contributed by atoms with van der Waals surface area (Å²) in [5, 5.41) is 11.7. The number of carbonyl (C=O) groups is 1. The highest BCUT2D eigenvalue weighted by Gasteiger charge is 2.38. The predicted octanol–water partition coefficient (Wildman–Crippen LogP) is 4.66. The molecule has 1 unspecified atom stereocenters. The minimum atomic E-state index is -2.81. The van der Waals surface area contributed by atoms with Crippen LogP contribution in [0.2, 0.25) is 0 Å². The van der Waals surface area contributed by atoms with Crippen molar-refractivity contribution in [3.05, 3.63) is 58.6 Å². The van der Waals surface area contributed by atoms with Gasteiger partial charge in [0.1, 0.15) is 29.8 Å². The third-order valence-electron chi connectivity index (χ3n) is 5.75. The molecule has 4 N–H and O–H groups in total. The van der Waals surface area contributed by atoms with Crippen molar-refractivity contribution in [1.29, 1.82) is 0 Å². The minimum Gasteiger partial charge on any atom is -0.491 e. The Balaban J connectivity index is 1.30. The first-order chi connectivity index (χ1) is 17.2. The molecule has 1 saturated heterocycles. The molecule has 9 nitrogen and oxygen atoms in total. The molecular weight excluding hydrogens is 494 g/mol. The zero-order valence-electron chi connectivity index (χ0n) is 19.0. The largest absolute Gasteiger partial charge is 0.491 e. The Morgan fingerprint density at radius 1 is 1.36 bits per heavy atom. The normalized spacial score (nSPS) is 19.8. The van der Waals surface area contributed by atoms with E-state index < -0.39 is 24.3 Å². The quantitative estimate of drug-likeness (QED) is 0.308. The molecule has 2 aromatic heterocycles. The van der Waals surface area contributed by atoms with E-state index in [0.29, 0.717) is 17.1 Å². The molecule has 0 aliphatic carbocycles. The van der Waals surface area contributed by atoms with Crippen LogP contribution in [0.5, 0.6) is 5.75 Å². The van der Waals surface area contributed by atoms with E-state index in [1.165, 1.54) is 29.5 Å². The first kappa shape index (κ1) is 24.1. The number of aromatic nitrogens is 3. The first-order valence-electron chi connectivity index (χ1n) is 11.0. The van der Waals surface area contributed by atoms with E-state index in [0.717, 1.165) is 5.69 Å². The number of thiazole rings is 1. The number of hydrogen-bond donors (Lipinski definition) is 3. The number of carboxylic acid groups (broad SMARTS) is 1. The monoisotopic (exact) mass is 516 g/mol. The third-order valence-corrected chi connectivity index (χ3v) is 6.48. The maximum absolute atomic E-state index is 14.0. The number of ether oxygens (including phenoxy) is 3. The van der Waals surface area contributed by atoms with Gasteiger partial charge in [0.25, 0.3) is 6.43 Å². The molecule has 2 aromatic carbocycles. The summed E-state index contributed by atoms with van der Waals surface area (Å²) in [6.45, 7) is 2.18. The number of hydrogen-bond acceptors (Lipinski definition) is 8. The topological polar surface area (TPSA) is 133 Å². The fourth-order valence-electron chi connectivity index (χ4n) is 4.15. The van der Waals surface area contributed by atoms with Gasteiger partial charge in [0.2, 0.25) is 0 Å². The summed E-state index contributed by atoms with van der Waals surface area (Å²) in [7, 11) is 0. The number of aromatic carboxylic acids is 1. The number of nitrogens with zero attached hydrogens (tertiary/aromatic N) is 2. The van der Waals surface area contributed by atoms with Gasteiger partial charge in [-0.3, -0.25) is 0 Å². The Morgan fingerprint density at radius 2 is 2.19 bits per heavy atom. The molecule has 0 bridgehead atoms. The number of nitrogens with two attached hydrogens (primary N) is 1. The number of fused-ring (bicyclic) bond motifs is 1. The molecule has 5 rings (SSSR count). The number of H-pyrrole nitrogens is 1. The van der Waals surface area contributed by atoms with Crippen LogP contribution in [0.4, 0.5) is 13.9 Å². The molecule has 0 spiro atoms. The summed E-state index contributed by atoms with van der Waals surface area (Å²) in [4.78, 5) is 22.9. The molecule has 1 aliphatic rings. The van der Waals surface area contributed by atoms with Crippen molar-refractivity contribution in [2.75, 3.05) is 18.9 Å². The van der Waals surface area contributed by atoms with E-state index in [4.69, 9.17) is 19.9 Å². The van der Waals surface area contributed by atoms with Crippen molar-refractivity contribution in [3.63, 3.8) is 0 Å². The fourth-order valence-corrected chi connectivity index (χ4v) is 4.71. The van der Waals surface area contributed by atoms with E-state index in [1.807, 2.05) is 5.38 Å². The van der Waals surface area contributed by atoms with Gasteiger partial charge < -0.3 is 30.0 Å². The molecule has 0 radical (unpaired) electrons. The Bertz CT molecular complexity index is 1420. The smallest absolute Gasteiger partial charge is 0.337 e. The molecule has 3 heterocycles. The highest BCUT2D eigenvalue weighted by Crippen LogP contribution is 2.35. The molecule has 2 atom stereocenters. The Kier molecular flexibility index (Phi) is 6.33. The maximum atomic E-state index is 14.0. The average Bonchev–Trinajstić information content (AvgIpc) is 3.55. The average molecular weight is 517 g/mol. The zero-order chi connectivity index (χ0) is 25.4. The minimum absolute atomic E-state index is 0.0161. The molecule has 1 fully saturated rings. The molecule has 4 aromatic rings. The SMILES string of the molecule is CC1(Cc2csc(N)n2)OC[C@H](COc2ccc(-c3nc4c(C(=O)O)cccc4[nH]3)c(C(F)F)c2)O1. The fraction of sp³-hybridized carbons (Fsp3) is 0.292. The molecule has 188 valence electrons. The summed E-state index contributed by atoms with van der Waals surface area (Å²) < 4.78 is 45.4. The summed E-state index contributed by atoms with van der Waals surface area (Å²) in [5.41, 5.74) is 6.92. The second-order valence-electron chi connectivity index (χ2n) is 8.49. The second-order valence-corrected chi connectivity index (χ2v) is 9.38. The lowest BCUT2D eigenvalue weighted by Gasteiger charge is -2.22. The molecule has 1 aliphatic heterocycles. The van der Waals surface area contributed by atoms with Gasteiger partial charge in [0.05, 0.1) is 23.4 Å². The van der Waals surface area contributed by atoms with Crippen LogP contribution in [0.15, 0.2) is 41.8 Å². The second kappa shape index (κ2) is 9.45. The summed E-state index contributed by atoms with van der Waals surface area (Å²) >= 11 is 1.34. The number of anilines is 1. The van der Waals surface area contributed by atoms with Gasteiger partial charge in [-0.1, -0.05) is 6.07 Å². The van der Waals surface area contributed by atoms with Crippen molar-refractivity contribution >= 4 is 33.5 Å². The Morgan fingerprint density at radius 3 is 2.92 bits per heavy atom. The van der Waals surface area contributed by atoms with Crippen LogP contribution < -0.4 is 10.5 Å². The zero-order valence-corrected chi connectivity index (χ0v) is 19.9. The lowest BCUT2D eigenvalue weighted by molar-refractivity contribution is -0.155. The van der Waals surface area contributed by atoms with Gasteiger partial charge in [-0.25, -0.2) is 23.5 Å². The van der Waals surface area contributed by atoms with Gasteiger partial charge >= 0.3 is 5.97 Å². The lowest BCUT2D eigenvalue weighted by atomic mass is 10.1. The van der Waals surface area contributed by atoms with E-state index in [-0.39, 0.29) is 47.0 Å². The number of nitrogens with one attached hydrogen (secondary N) is 1. The van der Waals surface area contributed by atoms with Crippen LogP contribution in [-0.4, -0.2) is 51.1 Å². The van der Waals surface area contributed by atoms with Crippen molar-refractivity contribution in [3.8, 4) is 17.1 Å². The third kappa shape index (κ3) is 4.87. The molecule has 0 amide bonds. The van der Waals surface area contributed by atoms with E-state index >= 15 is 0 Å². The number of para-hydroxylation sites is 1. The summed E-state index contributed by atoms with van der Waals surface area (Å²) in [6, 6.07) is 8.88. The van der Waals surface area contributed by atoms with Crippen molar-refractivity contribution < 1.29 is 32.9 Å². The Labute approximate surface area is 207 Å². The van der Waals surface area contributed by atoms with Gasteiger partial charge in [0, 0.05) is 22.9 Å². The molecule has 12 heteroatoms. The summed E-state index contributed by atoms with van der Waals surface area (Å²) in [6.07, 6.45) is -2.79. The number of imidazole rings is 1. The number of halogens is 2. The van der Waals surface area contributed by atoms with E-state index in [1.54, 1.807) is 25.1 Å². The van der Waals surface area contributed by atoms with Crippen molar-refractivity contribution in [1.82, 2.24) is 15.0 Å². The number of alkyl halides is 2. The molecule has 36 heavy (non-hydrogen) atoms. The Hall–Kier alpha value is -3.61. The van der Waals surface area contributed by atoms with Gasteiger partial charge in [-0.15, -0.1) is 11.3 Å². The van der Waals surface area contributed by atoms with Crippen LogP contribution in [-0.2, 0) is 15.9 Å². The lowest BCUT2D eigenvalue weighted by Crippen LogP contribution is -2.31. The van der Waals surface area contributed by atoms with Gasteiger partial charge in [0.15, 0.2) is 10.9 Å². The highest BCUT2D eigenvalue weighted by atomic mass is 32.1.